The van der Waals surface area contributed by atoms with Gasteiger partial charge in [-0.2, -0.15) is 0 Å². The number of carbonyl (C=O) groups excluding carboxylic acids is 1. The predicted molar refractivity (Wildman–Crippen MR) is 65.8 cm³/mol. The molecule has 0 atom stereocenters. The van der Waals surface area contributed by atoms with Gasteiger partial charge in [-0.15, -0.1) is 0 Å². The van der Waals surface area contributed by atoms with Gasteiger partial charge in [0.2, 0.25) is 0 Å². The zero-order valence-electron chi connectivity index (χ0n) is 9.64. The fraction of sp³-hybridized carbons (Fsp3) is 0.231. The molecule has 17 heavy (non-hydrogen) atoms. The number of fused-ring (bicyclic) bond motifs is 1. The molecule has 0 fully saturated rings. The first kappa shape index (κ1) is 11.4. The summed E-state index contributed by atoms with van der Waals surface area (Å²) < 4.78 is 5.37. The predicted octanol–water partition coefficient (Wildman–Crippen LogP) is 1.66. The van der Waals surface area contributed by atoms with Crippen LogP contribution < -0.4 is 10.5 Å². The second-order valence-electron chi connectivity index (χ2n) is 3.73. The second-order valence-corrected chi connectivity index (χ2v) is 3.73. The van der Waals surface area contributed by atoms with E-state index in [1.807, 2.05) is 18.2 Å². The third kappa shape index (κ3) is 2.36. The van der Waals surface area contributed by atoms with Crippen molar-refractivity contribution in [1.82, 2.24) is 4.98 Å². The Bertz CT molecular complexity index is 552. The zero-order valence-corrected chi connectivity index (χ0v) is 9.64. The highest BCUT2D eigenvalue weighted by Crippen LogP contribution is 2.26. The monoisotopic (exact) mass is 230 g/mol. The minimum atomic E-state index is -0.485. The Morgan fingerprint density at radius 2 is 2.24 bits per heavy atom. The number of amides is 1. The van der Waals surface area contributed by atoms with E-state index in [2.05, 4.69) is 11.9 Å². The van der Waals surface area contributed by atoms with E-state index >= 15 is 0 Å². The van der Waals surface area contributed by atoms with Crippen molar-refractivity contribution >= 4 is 16.8 Å². The van der Waals surface area contributed by atoms with Gasteiger partial charge in [0.05, 0.1) is 5.52 Å². The minimum absolute atomic E-state index is 0.116. The van der Waals surface area contributed by atoms with Gasteiger partial charge in [-0.05, 0) is 24.1 Å². The molecule has 0 aliphatic heterocycles. The number of nitrogens with zero attached hydrogens (tertiary/aromatic N) is 1. The van der Waals surface area contributed by atoms with Crippen molar-refractivity contribution in [3.63, 3.8) is 0 Å². The smallest absolute Gasteiger partial charge is 0.255 e. The number of aromatic nitrogens is 1. The lowest BCUT2D eigenvalue weighted by molar-refractivity contribution is -0.119. The van der Waals surface area contributed by atoms with Crippen LogP contribution in [0.15, 0.2) is 30.5 Å². The summed E-state index contributed by atoms with van der Waals surface area (Å²) in [4.78, 5) is 15.1. The van der Waals surface area contributed by atoms with Crippen molar-refractivity contribution in [3.05, 3.63) is 36.0 Å². The molecule has 0 saturated carbocycles. The van der Waals surface area contributed by atoms with Gasteiger partial charge in [-0.3, -0.25) is 9.78 Å². The van der Waals surface area contributed by atoms with Crippen molar-refractivity contribution < 1.29 is 9.53 Å². The molecule has 0 radical (unpaired) electrons. The number of nitrogens with two attached hydrogens (primary N) is 1. The van der Waals surface area contributed by atoms with Crippen LogP contribution in [0.5, 0.6) is 5.75 Å². The van der Waals surface area contributed by atoms with Crippen LogP contribution in [-0.4, -0.2) is 17.5 Å². The van der Waals surface area contributed by atoms with Crippen molar-refractivity contribution in [2.45, 2.75) is 13.3 Å². The summed E-state index contributed by atoms with van der Waals surface area (Å²) in [6, 6.07) is 7.66. The molecular formula is C13H14N2O2. The molecule has 0 unspecified atom stereocenters. The summed E-state index contributed by atoms with van der Waals surface area (Å²) in [6.07, 6.45) is 2.58. The van der Waals surface area contributed by atoms with E-state index in [0.29, 0.717) is 5.75 Å². The number of benzene rings is 1. The first-order chi connectivity index (χ1) is 8.22. The maximum absolute atomic E-state index is 10.7. The number of primary amides is 1. The first-order valence-corrected chi connectivity index (χ1v) is 5.50. The number of carbonyl (C=O) groups is 1. The van der Waals surface area contributed by atoms with E-state index in [4.69, 9.17) is 10.5 Å². The summed E-state index contributed by atoms with van der Waals surface area (Å²) in [5, 5.41) is 0.910. The number of hydrogen-bond donors (Lipinski definition) is 1. The number of hydrogen-bond acceptors (Lipinski definition) is 3. The molecule has 1 aromatic carbocycles. The molecule has 4 heteroatoms. The van der Waals surface area contributed by atoms with Gasteiger partial charge in [0.15, 0.2) is 6.61 Å². The molecule has 1 heterocycles. The van der Waals surface area contributed by atoms with E-state index in [1.54, 1.807) is 12.3 Å². The van der Waals surface area contributed by atoms with Crippen LogP contribution in [0.25, 0.3) is 10.9 Å². The topological polar surface area (TPSA) is 65.2 Å². The van der Waals surface area contributed by atoms with Gasteiger partial charge < -0.3 is 10.5 Å². The van der Waals surface area contributed by atoms with Crippen molar-refractivity contribution in [3.8, 4) is 5.75 Å². The Kier molecular flexibility index (Phi) is 3.23. The van der Waals surface area contributed by atoms with E-state index in [9.17, 15) is 4.79 Å². The summed E-state index contributed by atoms with van der Waals surface area (Å²) in [5.74, 6) is 0.158. The lowest BCUT2D eigenvalue weighted by atomic mass is 10.1. The molecule has 0 spiro atoms. The molecule has 1 amide bonds. The average Bonchev–Trinajstić information content (AvgIpc) is 2.35. The molecule has 0 bridgehead atoms. The highest BCUT2D eigenvalue weighted by atomic mass is 16.5. The largest absolute Gasteiger partial charge is 0.483 e. The summed E-state index contributed by atoms with van der Waals surface area (Å²) >= 11 is 0. The summed E-state index contributed by atoms with van der Waals surface area (Å²) in [5.41, 5.74) is 7.13. The maximum atomic E-state index is 10.7. The SMILES string of the molecule is CCc1cccc2c(OCC(N)=O)ccnc12. The van der Waals surface area contributed by atoms with E-state index < -0.39 is 5.91 Å². The Balaban J connectivity index is 2.46. The molecule has 2 rings (SSSR count). The summed E-state index contributed by atoms with van der Waals surface area (Å²) in [6.45, 7) is 1.96. The Morgan fingerprint density at radius 3 is 2.94 bits per heavy atom. The number of aryl methyl sites for hydroxylation is 1. The quantitative estimate of drug-likeness (QED) is 0.868. The molecule has 88 valence electrons. The highest BCUT2D eigenvalue weighted by molar-refractivity contribution is 5.87. The maximum Gasteiger partial charge on any atom is 0.255 e. The van der Waals surface area contributed by atoms with Crippen LogP contribution in [0.3, 0.4) is 0 Å². The molecular weight excluding hydrogens is 216 g/mol. The standard InChI is InChI=1S/C13H14N2O2/c1-2-9-4-3-5-10-11(17-8-12(14)16)6-7-15-13(9)10/h3-7H,2,8H2,1H3,(H2,14,16). The lowest BCUT2D eigenvalue weighted by Crippen LogP contribution is -2.20. The van der Waals surface area contributed by atoms with E-state index in [-0.39, 0.29) is 6.61 Å². The Labute approximate surface area is 99.4 Å². The minimum Gasteiger partial charge on any atom is -0.483 e. The van der Waals surface area contributed by atoms with E-state index in [0.717, 1.165) is 22.9 Å². The van der Waals surface area contributed by atoms with Crippen LogP contribution in [0, 0.1) is 0 Å². The highest BCUT2D eigenvalue weighted by Gasteiger charge is 2.06. The second kappa shape index (κ2) is 4.82. The van der Waals surface area contributed by atoms with Gasteiger partial charge in [0.1, 0.15) is 5.75 Å². The molecule has 0 aliphatic rings. The van der Waals surface area contributed by atoms with Gasteiger partial charge in [0.25, 0.3) is 5.91 Å². The lowest BCUT2D eigenvalue weighted by Gasteiger charge is -2.09. The summed E-state index contributed by atoms with van der Waals surface area (Å²) in [7, 11) is 0. The van der Waals surface area contributed by atoms with Crippen LogP contribution in [0.1, 0.15) is 12.5 Å². The van der Waals surface area contributed by atoms with Gasteiger partial charge in [0, 0.05) is 11.6 Å². The fourth-order valence-corrected chi connectivity index (χ4v) is 1.77. The van der Waals surface area contributed by atoms with Crippen LogP contribution in [-0.2, 0) is 11.2 Å². The Hall–Kier alpha value is -2.10. The molecule has 4 nitrogen and oxygen atoms in total. The van der Waals surface area contributed by atoms with Crippen LogP contribution >= 0.6 is 0 Å². The van der Waals surface area contributed by atoms with Crippen LogP contribution in [0.2, 0.25) is 0 Å². The normalized spacial score (nSPS) is 10.4. The van der Waals surface area contributed by atoms with Crippen molar-refractivity contribution in [2.24, 2.45) is 5.73 Å². The van der Waals surface area contributed by atoms with Gasteiger partial charge in [-0.25, -0.2) is 0 Å². The Morgan fingerprint density at radius 1 is 1.41 bits per heavy atom. The number of rotatable bonds is 4. The molecule has 0 saturated heterocycles. The van der Waals surface area contributed by atoms with Gasteiger partial charge >= 0.3 is 0 Å². The third-order valence-corrected chi connectivity index (χ3v) is 2.57. The average molecular weight is 230 g/mol. The van der Waals surface area contributed by atoms with E-state index in [1.165, 1.54) is 0 Å². The third-order valence-electron chi connectivity index (χ3n) is 2.57. The molecule has 0 aliphatic carbocycles. The van der Waals surface area contributed by atoms with Gasteiger partial charge in [-0.1, -0.05) is 19.1 Å². The first-order valence-electron chi connectivity index (χ1n) is 5.50. The molecule has 1 aromatic heterocycles. The number of para-hydroxylation sites is 1. The molecule has 2 aromatic rings. The number of ether oxygens (including phenoxy) is 1. The zero-order chi connectivity index (χ0) is 12.3. The fourth-order valence-electron chi connectivity index (χ4n) is 1.77. The molecule has 2 N–H and O–H groups in total. The number of pyridine rings is 1. The van der Waals surface area contributed by atoms with Crippen LogP contribution in [0.4, 0.5) is 0 Å². The van der Waals surface area contributed by atoms with Crippen molar-refractivity contribution in [1.29, 1.82) is 0 Å². The van der Waals surface area contributed by atoms with Crippen molar-refractivity contribution in [2.75, 3.05) is 6.61 Å².